The monoisotopic (exact) mass is 237 g/mol. The Hall–Kier alpha value is -1.22. The molecule has 0 bridgehead atoms. The van der Waals surface area contributed by atoms with Gasteiger partial charge in [-0.2, -0.15) is 0 Å². The molecular formula is C12H16ClN3. The molecule has 16 heavy (non-hydrogen) atoms. The van der Waals surface area contributed by atoms with Crippen LogP contribution in [0.25, 0.3) is 11.0 Å². The third-order valence-corrected chi connectivity index (χ3v) is 3.12. The molecule has 0 radical (unpaired) electrons. The van der Waals surface area contributed by atoms with E-state index >= 15 is 0 Å². The number of alkyl halides is 1. The van der Waals surface area contributed by atoms with Gasteiger partial charge in [0.05, 0.1) is 11.0 Å². The van der Waals surface area contributed by atoms with E-state index in [1.807, 2.05) is 21.0 Å². The highest BCUT2D eigenvalue weighted by Gasteiger charge is 2.06. The molecule has 1 aromatic carbocycles. The summed E-state index contributed by atoms with van der Waals surface area (Å²) in [5, 5.41) is 0. The average Bonchev–Trinajstić information content (AvgIpc) is 2.55. The van der Waals surface area contributed by atoms with Crippen LogP contribution in [0.5, 0.6) is 0 Å². The van der Waals surface area contributed by atoms with Crippen LogP contribution in [0.4, 0.5) is 5.69 Å². The van der Waals surface area contributed by atoms with Crippen LogP contribution in [0, 0.1) is 6.92 Å². The van der Waals surface area contributed by atoms with Crippen LogP contribution >= 0.6 is 11.6 Å². The first kappa shape index (κ1) is 11.3. The van der Waals surface area contributed by atoms with Crippen LogP contribution < -0.4 is 4.90 Å². The summed E-state index contributed by atoms with van der Waals surface area (Å²) in [7, 11) is 4.08. The topological polar surface area (TPSA) is 21.1 Å². The normalized spacial score (nSPS) is 11.0. The van der Waals surface area contributed by atoms with E-state index in [9.17, 15) is 0 Å². The Morgan fingerprint density at radius 1 is 1.44 bits per heavy atom. The minimum Gasteiger partial charge on any atom is -0.373 e. The van der Waals surface area contributed by atoms with Crippen LogP contribution in [0.2, 0.25) is 0 Å². The van der Waals surface area contributed by atoms with Crippen LogP contribution in [0.3, 0.4) is 0 Å². The van der Waals surface area contributed by atoms with Crippen LogP contribution in [0.15, 0.2) is 18.2 Å². The lowest BCUT2D eigenvalue weighted by molar-refractivity contribution is 0.886. The summed E-state index contributed by atoms with van der Waals surface area (Å²) in [5.74, 6) is 1.67. The SMILES string of the molecule is Cc1nc2cc(N(C)CCCl)ccc2n1C. The number of aromatic nitrogens is 2. The van der Waals surface area contributed by atoms with E-state index in [1.54, 1.807) is 0 Å². The van der Waals surface area contributed by atoms with Crippen molar-refractivity contribution < 1.29 is 0 Å². The number of fused-ring (bicyclic) bond motifs is 1. The van der Waals surface area contributed by atoms with E-state index in [0.29, 0.717) is 5.88 Å². The van der Waals surface area contributed by atoms with Gasteiger partial charge >= 0.3 is 0 Å². The lowest BCUT2D eigenvalue weighted by atomic mass is 10.2. The highest BCUT2D eigenvalue weighted by molar-refractivity contribution is 6.18. The second kappa shape index (κ2) is 4.34. The highest BCUT2D eigenvalue weighted by atomic mass is 35.5. The van der Waals surface area contributed by atoms with Gasteiger partial charge in [0.15, 0.2) is 0 Å². The number of imidazole rings is 1. The van der Waals surface area contributed by atoms with Crippen molar-refractivity contribution in [1.82, 2.24) is 9.55 Å². The number of nitrogens with zero attached hydrogens (tertiary/aromatic N) is 3. The lowest BCUT2D eigenvalue weighted by Gasteiger charge is -2.17. The molecule has 0 atom stereocenters. The first-order chi connectivity index (χ1) is 7.63. The zero-order valence-electron chi connectivity index (χ0n) is 9.87. The predicted molar refractivity (Wildman–Crippen MR) is 69.4 cm³/mol. The predicted octanol–water partition coefficient (Wildman–Crippen LogP) is 2.56. The molecule has 0 unspecified atom stereocenters. The number of benzene rings is 1. The van der Waals surface area contributed by atoms with Crippen LogP contribution in [-0.2, 0) is 7.05 Å². The van der Waals surface area contributed by atoms with E-state index in [0.717, 1.165) is 23.6 Å². The largest absolute Gasteiger partial charge is 0.373 e. The quantitative estimate of drug-likeness (QED) is 0.765. The standard InChI is InChI=1S/C12H16ClN3/c1-9-14-11-8-10(15(2)7-6-13)4-5-12(11)16(9)3/h4-5,8H,6-7H2,1-3H3. The van der Waals surface area contributed by atoms with Crippen molar-refractivity contribution >= 4 is 28.3 Å². The van der Waals surface area contributed by atoms with Gasteiger partial charge in [-0.05, 0) is 25.1 Å². The minimum atomic E-state index is 0.635. The molecular weight excluding hydrogens is 222 g/mol. The maximum atomic E-state index is 5.73. The average molecular weight is 238 g/mol. The third-order valence-electron chi connectivity index (χ3n) is 2.95. The first-order valence-electron chi connectivity index (χ1n) is 5.33. The van der Waals surface area contributed by atoms with Crippen molar-refractivity contribution in [3.63, 3.8) is 0 Å². The van der Waals surface area contributed by atoms with Crippen molar-refractivity contribution in [1.29, 1.82) is 0 Å². The number of aryl methyl sites for hydroxylation is 2. The molecule has 0 aliphatic rings. The summed E-state index contributed by atoms with van der Waals surface area (Å²) in [5.41, 5.74) is 3.37. The second-order valence-electron chi connectivity index (χ2n) is 4.00. The van der Waals surface area contributed by atoms with Gasteiger partial charge in [-0.15, -0.1) is 11.6 Å². The molecule has 0 saturated heterocycles. The van der Waals surface area contributed by atoms with Gasteiger partial charge in [-0.1, -0.05) is 0 Å². The first-order valence-corrected chi connectivity index (χ1v) is 5.87. The van der Waals surface area contributed by atoms with Gasteiger partial charge in [-0.25, -0.2) is 4.98 Å². The fourth-order valence-corrected chi connectivity index (χ4v) is 2.06. The summed E-state index contributed by atoms with van der Waals surface area (Å²) < 4.78 is 2.10. The Labute approximate surface area is 101 Å². The van der Waals surface area contributed by atoms with E-state index in [2.05, 4.69) is 32.7 Å². The van der Waals surface area contributed by atoms with Gasteiger partial charge in [0, 0.05) is 32.2 Å². The smallest absolute Gasteiger partial charge is 0.106 e. The molecule has 2 aromatic rings. The molecule has 0 aliphatic carbocycles. The summed E-state index contributed by atoms with van der Waals surface area (Å²) >= 11 is 5.73. The number of hydrogen-bond acceptors (Lipinski definition) is 2. The van der Waals surface area contributed by atoms with E-state index in [1.165, 1.54) is 5.52 Å². The van der Waals surface area contributed by atoms with Crippen molar-refractivity contribution in [3.05, 3.63) is 24.0 Å². The zero-order chi connectivity index (χ0) is 11.7. The summed E-state index contributed by atoms with van der Waals surface area (Å²) in [6.07, 6.45) is 0. The Morgan fingerprint density at radius 2 is 2.19 bits per heavy atom. The fourth-order valence-electron chi connectivity index (χ4n) is 1.80. The highest BCUT2D eigenvalue weighted by Crippen LogP contribution is 2.21. The number of rotatable bonds is 3. The summed E-state index contributed by atoms with van der Waals surface area (Å²) in [4.78, 5) is 6.65. The zero-order valence-corrected chi connectivity index (χ0v) is 10.6. The van der Waals surface area contributed by atoms with Gasteiger partial charge in [0.1, 0.15) is 5.82 Å². The van der Waals surface area contributed by atoms with Crippen LogP contribution in [0.1, 0.15) is 5.82 Å². The number of hydrogen-bond donors (Lipinski definition) is 0. The second-order valence-corrected chi connectivity index (χ2v) is 4.38. The minimum absolute atomic E-state index is 0.635. The molecule has 1 heterocycles. The summed E-state index contributed by atoms with van der Waals surface area (Å²) in [6, 6.07) is 6.32. The Bertz CT molecular complexity index is 504. The molecule has 0 N–H and O–H groups in total. The molecule has 86 valence electrons. The maximum Gasteiger partial charge on any atom is 0.106 e. The Morgan fingerprint density at radius 3 is 2.88 bits per heavy atom. The Balaban J connectivity index is 2.44. The molecule has 0 spiro atoms. The fraction of sp³-hybridized carbons (Fsp3) is 0.417. The Kier molecular flexibility index (Phi) is 3.06. The van der Waals surface area contributed by atoms with Gasteiger partial charge in [0.2, 0.25) is 0 Å². The summed E-state index contributed by atoms with van der Waals surface area (Å²) in [6.45, 7) is 2.86. The molecule has 0 amide bonds. The maximum absolute atomic E-state index is 5.73. The van der Waals surface area contributed by atoms with E-state index in [4.69, 9.17) is 11.6 Å². The van der Waals surface area contributed by atoms with E-state index < -0.39 is 0 Å². The van der Waals surface area contributed by atoms with Crippen LogP contribution in [-0.4, -0.2) is 29.0 Å². The molecule has 0 aliphatic heterocycles. The van der Waals surface area contributed by atoms with Gasteiger partial charge in [0.25, 0.3) is 0 Å². The molecule has 1 aromatic heterocycles. The van der Waals surface area contributed by atoms with Crippen molar-refractivity contribution in [2.45, 2.75) is 6.92 Å². The molecule has 0 fully saturated rings. The van der Waals surface area contributed by atoms with Gasteiger partial charge < -0.3 is 9.47 Å². The van der Waals surface area contributed by atoms with E-state index in [-0.39, 0.29) is 0 Å². The molecule has 0 saturated carbocycles. The van der Waals surface area contributed by atoms with Crippen molar-refractivity contribution in [2.75, 3.05) is 24.4 Å². The number of anilines is 1. The molecule has 3 nitrogen and oxygen atoms in total. The van der Waals surface area contributed by atoms with Crippen molar-refractivity contribution in [3.8, 4) is 0 Å². The lowest BCUT2D eigenvalue weighted by Crippen LogP contribution is -2.19. The van der Waals surface area contributed by atoms with Gasteiger partial charge in [-0.3, -0.25) is 0 Å². The number of halogens is 1. The van der Waals surface area contributed by atoms with Crippen molar-refractivity contribution in [2.24, 2.45) is 7.05 Å². The molecule has 2 rings (SSSR count). The third kappa shape index (κ3) is 1.87. The molecule has 4 heteroatoms.